The molecule has 0 radical (unpaired) electrons. The summed E-state index contributed by atoms with van der Waals surface area (Å²) in [5, 5.41) is 0. The summed E-state index contributed by atoms with van der Waals surface area (Å²) in [4.78, 5) is 2.49. The van der Waals surface area contributed by atoms with E-state index in [4.69, 9.17) is 9.47 Å². The van der Waals surface area contributed by atoms with Crippen molar-refractivity contribution in [2.45, 2.75) is 25.5 Å². The van der Waals surface area contributed by atoms with E-state index in [0.29, 0.717) is 12.6 Å². The highest BCUT2D eigenvalue weighted by atomic mass is 16.5. The molecule has 142 valence electrons. The minimum absolute atomic E-state index is 0.447. The fourth-order valence-electron chi connectivity index (χ4n) is 4.69. The first kappa shape index (κ1) is 17.3. The summed E-state index contributed by atoms with van der Waals surface area (Å²) in [5.41, 5.74) is 7.96. The first-order chi connectivity index (χ1) is 13.8. The Balaban J connectivity index is 1.64. The molecule has 0 saturated carbocycles. The van der Waals surface area contributed by atoms with E-state index in [0.717, 1.165) is 36.4 Å². The molecule has 3 heteroatoms. The normalized spacial score (nSPS) is 17.6. The minimum atomic E-state index is 0.447. The van der Waals surface area contributed by atoms with Gasteiger partial charge in [0.05, 0.1) is 7.11 Å². The molecule has 0 N–H and O–H groups in total. The lowest BCUT2D eigenvalue weighted by molar-refractivity contribution is 0.227. The van der Waals surface area contributed by atoms with Gasteiger partial charge in [0.25, 0.3) is 0 Å². The third kappa shape index (κ3) is 2.78. The van der Waals surface area contributed by atoms with Gasteiger partial charge < -0.3 is 9.47 Å². The molecule has 3 aromatic rings. The van der Waals surface area contributed by atoms with Crippen LogP contribution in [0.4, 0.5) is 0 Å². The lowest BCUT2D eigenvalue weighted by Crippen LogP contribution is -2.35. The van der Waals surface area contributed by atoms with Crippen molar-refractivity contribution < 1.29 is 9.47 Å². The maximum Gasteiger partial charge on any atom is 0.169 e. The van der Waals surface area contributed by atoms with Gasteiger partial charge in [-0.3, -0.25) is 4.90 Å². The molecule has 0 fully saturated rings. The minimum Gasteiger partial charge on any atom is -0.493 e. The largest absolute Gasteiger partial charge is 0.493 e. The molecular formula is C25H25NO2. The second-order valence-corrected chi connectivity index (χ2v) is 7.73. The second-order valence-electron chi connectivity index (χ2n) is 7.73. The van der Waals surface area contributed by atoms with Gasteiger partial charge in [-0.2, -0.15) is 0 Å². The Labute approximate surface area is 166 Å². The number of nitrogens with zero attached hydrogens (tertiary/aromatic N) is 1. The number of methoxy groups -OCH3 is 1. The molecule has 0 amide bonds. The molecule has 1 aliphatic heterocycles. The van der Waals surface area contributed by atoms with Crippen LogP contribution in [0.25, 0.3) is 11.1 Å². The summed E-state index contributed by atoms with van der Waals surface area (Å²) < 4.78 is 12.1. The van der Waals surface area contributed by atoms with Crippen LogP contribution in [0.15, 0.2) is 60.7 Å². The fraction of sp³-hybridized carbons (Fsp3) is 0.280. The molecule has 0 spiro atoms. The Morgan fingerprint density at radius 1 is 0.964 bits per heavy atom. The van der Waals surface area contributed by atoms with E-state index in [2.05, 4.69) is 54.4 Å². The van der Waals surface area contributed by atoms with Gasteiger partial charge in [-0.25, -0.2) is 0 Å². The van der Waals surface area contributed by atoms with Gasteiger partial charge in [0.15, 0.2) is 11.5 Å². The third-order valence-electron chi connectivity index (χ3n) is 6.13. The zero-order valence-electron chi connectivity index (χ0n) is 16.4. The average molecular weight is 371 g/mol. The highest BCUT2D eigenvalue weighted by Gasteiger charge is 2.34. The van der Waals surface area contributed by atoms with Gasteiger partial charge in [-0.15, -0.1) is 0 Å². The molecule has 2 aliphatic rings. The summed E-state index contributed by atoms with van der Waals surface area (Å²) in [7, 11) is 3.96. The standard InChI is InChI=1S/C25H25NO2/c1-26-14-13-18-9-6-10-20-23(18)21(26)15-19-11-12-22(27-2)25(24(19)20)28-16-17-7-4-3-5-8-17/h3-12,21H,13-16H2,1-2H3. The van der Waals surface area contributed by atoms with E-state index in [1.54, 1.807) is 7.11 Å². The predicted octanol–water partition coefficient (Wildman–Crippen LogP) is 5.03. The number of hydrogen-bond acceptors (Lipinski definition) is 3. The second kappa shape index (κ2) is 6.99. The smallest absolute Gasteiger partial charge is 0.169 e. The molecule has 0 saturated heterocycles. The quantitative estimate of drug-likeness (QED) is 0.642. The van der Waals surface area contributed by atoms with Crippen molar-refractivity contribution in [2.75, 3.05) is 20.7 Å². The van der Waals surface area contributed by atoms with Crippen LogP contribution in [-0.4, -0.2) is 25.6 Å². The summed E-state index contributed by atoms with van der Waals surface area (Å²) in [5.74, 6) is 1.67. The Bertz CT molecular complexity index is 1010. The van der Waals surface area contributed by atoms with Crippen LogP contribution in [0, 0.1) is 0 Å². The molecule has 0 aromatic heterocycles. The van der Waals surface area contributed by atoms with Gasteiger partial charge in [0.2, 0.25) is 0 Å². The van der Waals surface area contributed by atoms with Crippen molar-refractivity contribution in [3.8, 4) is 22.6 Å². The topological polar surface area (TPSA) is 21.7 Å². The highest BCUT2D eigenvalue weighted by Crippen LogP contribution is 2.50. The monoisotopic (exact) mass is 371 g/mol. The molecule has 3 nitrogen and oxygen atoms in total. The van der Waals surface area contributed by atoms with E-state index in [1.807, 2.05) is 18.2 Å². The zero-order valence-corrected chi connectivity index (χ0v) is 16.4. The number of fused-ring (bicyclic) bond motifs is 2. The first-order valence-electron chi connectivity index (χ1n) is 9.95. The van der Waals surface area contributed by atoms with Crippen LogP contribution in [0.2, 0.25) is 0 Å². The lowest BCUT2D eigenvalue weighted by atomic mass is 9.77. The van der Waals surface area contributed by atoms with Crippen molar-refractivity contribution in [3.63, 3.8) is 0 Å². The van der Waals surface area contributed by atoms with Gasteiger partial charge in [0.1, 0.15) is 6.61 Å². The summed E-state index contributed by atoms with van der Waals surface area (Å²) >= 11 is 0. The van der Waals surface area contributed by atoms with Crippen LogP contribution >= 0.6 is 0 Å². The van der Waals surface area contributed by atoms with Crippen molar-refractivity contribution in [3.05, 3.63) is 82.9 Å². The van der Waals surface area contributed by atoms with Gasteiger partial charge in [-0.1, -0.05) is 54.6 Å². The van der Waals surface area contributed by atoms with Gasteiger partial charge >= 0.3 is 0 Å². The molecule has 1 aliphatic carbocycles. The van der Waals surface area contributed by atoms with Crippen LogP contribution in [0.3, 0.4) is 0 Å². The molecular weight excluding hydrogens is 346 g/mol. The van der Waals surface area contributed by atoms with Crippen LogP contribution in [0.1, 0.15) is 28.3 Å². The summed E-state index contributed by atoms with van der Waals surface area (Å²) in [6.45, 7) is 1.65. The first-order valence-corrected chi connectivity index (χ1v) is 9.95. The van der Waals surface area contributed by atoms with Crippen molar-refractivity contribution in [1.29, 1.82) is 0 Å². The van der Waals surface area contributed by atoms with Crippen LogP contribution in [0.5, 0.6) is 11.5 Å². The molecule has 1 unspecified atom stereocenters. The van der Waals surface area contributed by atoms with Gasteiger partial charge in [0, 0.05) is 18.2 Å². The molecule has 1 heterocycles. The van der Waals surface area contributed by atoms with E-state index < -0.39 is 0 Å². The Morgan fingerprint density at radius 2 is 1.82 bits per heavy atom. The number of hydrogen-bond donors (Lipinski definition) is 0. The lowest BCUT2D eigenvalue weighted by Gasteiger charge is -2.40. The van der Waals surface area contributed by atoms with E-state index in [9.17, 15) is 0 Å². The zero-order chi connectivity index (χ0) is 19.1. The molecule has 5 rings (SSSR count). The predicted molar refractivity (Wildman–Crippen MR) is 112 cm³/mol. The summed E-state index contributed by atoms with van der Waals surface area (Å²) in [6, 6.07) is 21.7. The maximum atomic E-state index is 6.38. The summed E-state index contributed by atoms with van der Waals surface area (Å²) in [6.07, 6.45) is 2.12. The SMILES string of the molecule is COc1ccc2c(c1OCc1ccccc1)-c1cccc3c1C(C2)N(C)CC3. The van der Waals surface area contributed by atoms with E-state index in [1.165, 1.54) is 27.8 Å². The van der Waals surface area contributed by atoms with Crippen LogP contribution < -0.4 is 9.47 Å². The molecule has 3 aromatic carbocycles. The molecule has 28 heavy (non-hydrogen) atoms. The number of likely N-dealkylation sites (N-methyl/N-ethyl adjacent to an activating group) is 1. The van der Waals surface area contributed by atoms with Crippen LogP contribution in [-0.2, 0) is 19.4 Å². The van der Waals surface area contributed by atoms with Crippen molar-refractivity contribution in [2.24, 2.45) is 0 Å². The average Bonchev–Trinajstić information content (AvgIpc) is 2.75. The number of rotatable bonds is 4. The Morgan fingerprint density at radius 3 is 2.64 bits per heavy atom. The van der Waals surface area contributed by atoms with Crippen molar-refractivity contribution >= 4 is 0 Å². The van der Waals surface area contributed by atoms with E-state index in [-0.39, 0.29) is 0 Å². The number of ether oxygens (including phenoxy) is 2. The third-order valence-corrected chi connectivity index (χ3v) is 6.13. The maximum absolute atomic E-state index is 6.38. The Hall–Kier alpha value is -2.78. The number of benzene rings is 3. The molecule has 1 atom stereocenters. The van der Waals surface area contributed by atoms with Crippen molar-refractivity contribution in [1.82, 2.24) is 4.90 Å². The Kier molecular flexibility index (Phi) is 4.33. The fourth-order valence-corrected chi connectivity index (χ4v) is 4.69. The molecule has 0 bridgehead atoms. The van der Waals surface area contributed by atoms with Gasteiger partial charge in [-0.05, 0) is 53.8 Å². The van der Waals surface area contributed by atoms with E-state index >= 15 is 0 Å². The highest BCUT2D eigenvalue weighted by molar-refractivity contribution is 5.82.